The lowest BCUT2D eigenvalue weighted by molar-refractivity contribution is -0.148. The Morgan fingerprint density at radius 1 is 1.55 bits per heavy atom. The number of carbonyl (C=O) groups excluding carboxylic acids is 1. The van der Waals surface area contributed by atoms with Gasteiger partial charge >= 0.3 is 5.97 Å². The molecule has 0 radical (unpaired) electrons. The summed E-state index contributed by atoms with van der Waals surface area (Å²) in [5.74, 6) is -0.566. The third-order valence-electron chi connectivity index (χ3n) is 0.805. The summed E-state index contributed by atoms with van der Waals surface area (Å²) in [6.07, 6.45) is 1.36. The predicted molar refractivity (Wildman–Crippen MR) is 34.4 cm³/mol. The average Bonchev–Trinajstić information content (AvgIpc) is 2.01. The van der Waals surface area contributed by atoms with Crippen LogP contribution in [0.4, 0.5) is 0 Å². The molecule has 0 bridgehead atoms. The van der Waals surface area contributed by atoms with Crippen LogP contribution in [0.15, 0.2) is 0 Å². The van der Waals surface area contributed by atoms with Crippen molar-refractivity contribution in [1.29, 1.82) is 5.26 Å². The van der Waals surface area contributed by atoms with Crippen molar-refractivity contribution in [1.82, 2.24) is 0 Å². The maximum atomic E-state index is 10.5. The van der Waals surface area contributed by atoms with E-state index in [4.69, 9.17) is 5.26 Å². The van der Waals surface area contributed by atoms with Gasteiger partial charge < -0.3 is 14.2 Å². The van der Waals surface area contributed by atoms with Crippen LogP contribution in [0, 0.1) is 11.5 Å². The van der Waals surface area contributed by atoms with Crippen molar-refractivity contribution in [3.05, 3.63) is 0 Å². The Morgan fingerprint density at radius 3 is 2.82 bits per heavy atom. The van der Waals surface area contributed by atoms with Crippen LogP contribution in [0.25, 0.3) is 0 Å². The van der Waals surface area contributed by atoms with Gasteiger partial charge in [0.15, 0.2) is 6.61 Å². The van der Waals surface area contributed by atoms with Gasteiger partial charge in [-0.1, -0.05) is 0 Å². The zero-order valence-corrected chi connectivity index (χ0v) is 6.20. The van der Waals surface area contributed by atoms with Crippen molar-refractivity contribution in [3.63, 3.8) is 0 Å². The quantitative estimate of drug-likeness (QED) is 0.312. The second kappa shape index (κ2) is 6.83. The summed E-state index contributed by atoms with van der Waals surface area (Å²) in [5.41, 5.74) is 0. The fourth-order valence-corrected chi connectivity index (χ4v) is 0.372. The first kappa shape index (κ1) is 9.72. The number of methoxy groups -OCH3 is 1. The predicted octanol–water partition coefficient (Wildman–Crippen LogP) is -0.326. The highest BCUT2D eigenvalue weighted by molar-refractivity contribution is 5.70. The van der Waals surface area contributed by atoms with E-state index in [9.17, 15) is 4.79 Å². The summed E-state index contributed by atoms with van der Waals surface area (Å²) in [6, 6.07) is 0. The van der Waals surface area contributed by atoms with Crippen molar-refractivity contribution in [3.8, 4) is 6.26 Å². The minimum atomic E-state index is -0.566. The molecule has 5 nitrogen and oxygen atoms in total. The van der Waals surface area contributed by atoms with E-state index in [1.807, 2.05) is 0 Å². The van der Waals surface area contributed by atoms with E-state index in [1.54, 1.807) is 0 Å². The molecule has 0 heterocycles. The molecule has 0 rings (SSSR count). The third kappa shape index (κ3) is 6.61. The number of hydrogen-bond donors (Lipinski definition) is 0. The van der Waals surface area contributed by atoms with Gasteiger partial charge in [0.2, 0.25) is 0 Å². The monoisotopic (exact) mass is 159 g/mol. The number of hydrogen-bond acceptors (Lipinski definition) is 5. The number of carbonyl (C=O) groups is 1. The Bertz CT molecular complexity index is 151. The smallest absolute Gasteiger partial charge is 0.345 e. The lowest BCUT2D eigenvalue weighted by atomic mass is 10.7. The molecule has 0 aromatic rings. The molecule has 0 unspecified atom stereocenters. The first-order chi connectivity index (χ1) is 5.31. The normalized spacial score (nSPS) is 8.36. The van der Waals surface area contributed by atoms with Gasteiger partial charge in [-0.3, -0.25) is 0 Å². The van der Waals surface area contributed by atoms with Crippen LogP contribution >= 0.6 is 0 Å². The molecule has 0 spiro atoms. The lowest BCUT2D eigenvalue weighted by Gasteiger charge is -2.00. The zero-order chi connectivity index (χ0) is 8.53. The Labute approximate surface area is 64.5 Å². The van der Waals surface area contributed by atoms with Crippen LogP contribution in [-0.4, -0.2) is 32.9 Å². The second-order valence-electron chi connectivity index (χ2n) is 1.59. The molecule has 0 saturated heterocycles. The summed E-state index contributed by atoms with van der Waals surface area (Å²) in [7, 11) is 1.50. The van der Waals surface area contributed by atoms with Crippen LogP contribution in [0.1, 0.15) is 0 Å². The highest BCUT2D eigenvalue weighted by Gasteiger charge is 2.00. The molecule has 11 heavy (non-hydrogen) atoms. The standard InChI is InChI=1S/C6H9NO4/c1-9-2-3-11-6(8)4-10-5-7/h2-4H2,1H3. The average molecular weight is 159 g/mol. The van der Waals surface area contributed by atoms with E-state index in [-0.39, 0.29) is 13.2 Å². The largest absolute Gasteiger partial charge is 0.461 e. The van der Waals surface area contributed by atoms with E-state index in [0.717, 1.165) is 0 Å². The SMILES string of the molecule is COCCOC(=O)COC#N. The Balaban J connectivity index is 3.17. The van der Waals surface area contributed by atoms with Crippen molar-refractivity contribution in [2.75, 3.05) is 26.9 Å². The zero-order valence-electron chi connectivity index (χ0n) is 6.20. The first-order valence-electron chi connectivity index (χ1n) is 2.96. The minimum Gasteiger partial charge on any atom is -0.461 e. The molecular formula is C6H9NO4. The number of nitriles is 1. The molecule has 62 valence electrons. The molecule has 0 aromatic carbocycles. The van der Waals surface area contributed by atoms with Crippen LogP contribution in [-0.2, 0) is 19.0 Å². The number of rotatable bonds is 5. The van der Waals surface area contributed by atoms with Crippen LogP contribution in [0.3, 0.4) is 0 Å². The molecule has 0 saturated carbocycles. The molecule has 0 fully saturated rings. The van der Waals surface area contributed by atoms with Gasteiger partial charge in [-0.25, -0.2) is 4.79 Å². The number of nitrogens with zero attached hydrogens (tertiary/aromatic N) is 1. The minimum absolute atomic E-state index is 0.185. The Hall–Kier alpha value is -1.28. The molecule has 5 heteroatoms. The molecule has 0 atom stereocenters. The number of ether oxygens (including phenoxy) is 3. The van der Waals surface area contributed by atoms with Crippen LogP contribution in [0.5, 0.6) is 0 Å². The van der Waals surface area contributed by atoms with E-state index in [1.165, 1.54) is 13.4 Å². The highest BCUT2D eigenvalue weighted by atomic mass is 16.6. The van der Waals surface area contributed by atoms with E-state index in [2.05, 4.69) is 14.2 Å². The van der Waals surface area contributed by atoms with Gasteiger partial charge in [0, 0.05) is 7.11 Å². The highest BCUT2D eigenvalue weighted by Crippen LogP contribution is 1.80. The molecule has 0 amide bonds. The lowest BCUT2D eigenvalue weighted by Crippen LogP contribution is -2.13. The molecule has 0 aliphatic heterocycles. The molecule has 0 aromatic heterocycles. The van der Waals surface area contributed by atoms with Crippen molar-refractivity contribution in [2.45, 2.75) is 0 Å². The van der Waals surface area contributed by atoms with Crippen LogP contribution < -0.4 is 0 Å². The van der Waals surface area contributed by atoms with E-state index in [0.29, 0.717) is 6.61 Å². The van der Waals surface area contributed by atoms with Crippen LogP contribution in [0.2, 0.25) is 0 Å². The van der Waals surface area contributed by atoms with Crippen molar-refractivity contribution in [2.24, 2.45) is 0 Å². The maximum absolute atomic E-state index is 10.5. The molecular weight excluding hydrogens is 150 g/mol. The summed E-state index contributed by atoms with van der Waals surface area (Å²) in [5, 5.41) is 7.88. The molecule has 0 aliphatic rings. The third-order valence-corrected chi connectivity index (χ3v) is 0.805. The number of esters is 1. The Kier molecular flexibility index (Phi) is 6.04. The van der Waals surface area contributed by atoms with Gasteiger partial charge in [0.25, 0.3) is 6.26 Å². The van der Waals surface area contributed by atoms with E-state index < -0.39 is 5.97 Å². The van der Waals surface area contributed by atoms with Gasteiger partial charge in [-0.05, 0) is 0 Å². The fraction of sp³-hybridized carbons (Fsp3) is 0.667. The van der Waals surface area contributed by atoms with Gasteiger partial charge in [0.1, 0.15) is 6.61 Å². The van der Waals surface area contributed by atoms with E-state index >= 15 is 0 Å². The Morgan fingerprint density at radius 2 is 2.27 bits per heavy atom. The van der Waals surface area contributed by atoms with Crippen molar-refractivity contribution >= 4 is 5.97 Å². The van der Waals surface area contributed by atoms with Gasteiger partial charge in [-0.2, -0.15) is 5.26 Å². The fourth-order valence-electron chi connectivity index (χ4n) is 0.372. The molecule has 0 N–H and O–H groups in total. The first-order valence-corrected chi connectivity index (χ1v) is 2.96. The van der Waals surface area contributed by atoms with Crippen molar-refractivity contribution < 1.29 is 19.0 Å². The second-order valence-corrected chi connectivity index (χ2v) is 1.59. The molecule has 0 aliphatic carbocycles. The topological polar surface area (TPSA) is 68.6 Å². The van der Waals surface area contributed by atoms with Gasteiger partial charge in [-0.15, -0.1) is 0 Å². The summed E-state index contributed by atoms with van der Waals surface area (Å²) in [6.45, 7) is 0.197. The summed E-state index contributed by atoms with van der Waals surface area (Å²) >= 11 is 0. The maximum Gasteiger partial charge on any atom is 0.345 e. The summed E-state index contributed by atoms with van der Waals surface area (Å²) in [4.78, 5) is 10.5. The summed E-state index contributed by atoms with van der Waals surface area (Å²) < 4.78 is 13.3. The van der Waals surface area contributed by atoms with Gasteiger partial charge in [0.05, 0.1) is 6.61 Å².